The maximum Gasteiger partial charge on any atom is 0.231 e. The number of carbonyl (C=O) groups is 2. The minimum Gasteiger partial charge on any atom is -0.337 e. The van der Waals surface area contributed by atoms with E-state index in [4.69, 9.17) is 11.6 Å². The molecule has 1 saturated heterocycles. The Labute approximate surface area is 161 Å². The molecular weight excluding hydrogens is 372 g/mol. The highest BCUT2D eigenvalue weighted by Crippen LogP contribution is 2.27. The Kier molecular flexibility index (Phi) is 5.29. The molecule has 1 aromatic heterocycles. The molecule has 2 heterocycles. The molecule has 0 unspecified atom stereocenters. The second kappa shape index (κ2) is 7.32. The summed E-state index contributed by atoms with van der Waals surface area (Å²) in [7, 11) is 0. The lowest BCUT2D eigenvalue weighted by atomic mass is 10.1. The summed E-state index contributed by atoms with van der Waals surface area (Å²) in [5.41, 5.74) is 0.797. The number of amides is 2. The fourth-order valence-corrected chi connectivity index (χ4v) is 3.79. The third-order valence-corrected chi connectivity index (χ3v) is 5.36. The van der Waals surface area contributed by atoms with Gasteiger partial charge in [-0.05, 0) is 38.5 Å². The van der Waals surface area contributed by atoms with E-state index >= 15 is 0 Å². The van der Waals surface area contributed by atoms with Gasteiger partial charge in [0.15, 0.2) is 0 Å². The maximum atomic E-state index is 12.5. The topological polar surface area (TPSA) is 75.2 Å². The average molecular weight is 393 g/mol. The number of hydrogen-bond donors (Lipinski definition) is 1. The van der Waals surface area contributed by atoms with Crippen LogP contribution in [0.15, 0.2) is 24.3 Å². The molecule has 0 saturated carbocycles. The lowest BCUT2D eigenvalue weighted by Crippen LogP contribution is -2.42. The van der Waals surface area contributed by atoms with Crippen molar-refractivity contribution in [3.8, 4) is 0 Å². The third-order valence-electron chi connectivity index (χ3n) is 4.27. The number of likely N-dealkylation sites (tertiary alicyclic amines) is 1. The number of nitrogens with zero attached hydrogens (tertiary/aromatic N) is 3. The maximum absolute atomic E-state index is 12.5. The molecule has 1 fully saturated rings. The molecule has 26 heavy (non-hydrogen) atoms. The number of benzene rings is 1. The Morgan fingerprint density at radius 1 is 1.31 bits per heavy atom. The SMILES string of the molecule is CC(C)(C)N1C[C@H](C(=O)Nc2nnc(Cc3ccc(Cl)cc3)s2)CC1=O. The minimum atomic E-state index is -0.356. The van der Waals surface area contributed by atoms with Crippen molar-refractivity contribution in [1.29, 1.82) is 0 Å². The van der Waals surface area contributed by atoms with Gasteiger partial charge in [-0.2, -0.15) is 0 Å². The Balaban J connectivity index is 1.60. The number of nitrogens with one attached hydrogen (secondary N) is 1. The number of aromatic nitrogens is 2. The van der Waals surface area contributed by atoms with Gasteiger partial charge in [0, 0.05) is 29.9 Å². The smallest absolute Gasteiger partial charge is 0.231 e. The largest absolute Gasteiger partial charge is 0.337 e. The molecule has 0 spiro atoms. The molecule has 1 aromatic carbocycles. The van der Waals surface area contributed by atoms with Gasteiger partial charge in [0.05, 0.1) is 5.92 Å². The lowest BCUT2D eigenvalue weighted by molar-refractivity contribution is -0.131. The van der Waals surface area contributed by atoms with Crippen LogP contribution in [0.25, 0.3) is 0 Å². The van der Waals surface area contributed by atoms with Crippen molar-refractivity contribution in [1.82, 2.24) is 15.1 Å². The molecular formula is C18H21ClN4O2S. The zero-order valence-corrected chi connectivity index (χ0v) is 16.5. The molecule has 0 radical (unpaired) electrons. The van der Waals surface area contributed by atoms with Crippen molar-refractivity contribution in [3.05, 3.63) is 39.9 Å². The van der Waals surface area contributed by atoms with Crippen molar-refractivity contribution in [3.63, 3.8) is 0 Å². The van der Waals surface area contributed by atoms with E-state index in [1.807, 2.05) is 45.0 Å². The quantitative estimate of drug-likeness (QED) is 0.865. The van der Waals surface area contributed by atoms with Crippen LogP contribution in [0.5, 0.6) is 0 Å². The van der Waals surface area contributed by atoms with Gasteiger partial charge in [0.2, 0.25) is 16.9 Å². The van der Waals surface area contributed by atoms with E-state index in [9.17, 15) is 9.59 Å². The molecule has 0 aliphatic carbocycles. The molecule has 2 amide bonds. The van der Waals surface area contributed by atoms with Crippen molar-refractivity contribution >= 4 is 39.9 Å². The second-order valence-corrected chi connectivity index (χ2v) is 8.87. The Bertz CT molecular complexity index is 813. The first-order chi connectivity index (χ1) is 12.2. The summed E-state index contributed by atoms with van der Waals surface area (Å²) < 4.78 is 0. The van der Waals surface area contributed by atoms with Crippen LogP contribution in [0.1, 0.15) is 37.8 Å². The summed E-state index contributed by atoms with van der Waals surface area (Å²) in [6.45, 7) is 6.35. The van der Waals surface area contributed by atoms with Crippen molar-refractivity contribution in [2.24, 2.45) is 5.92 Å². The van der Waals surface area contributed by atoms with Crippen LogP contribution in [0.4, 0.5) is 5.13 Å². The molecule has 6 nitrogen and oxygen atoms in total. The Morgan fingerprint density at radius 3 is 2.62 bits per heavy atom. The number of rotatable bonds is 4. The van der Waals surface area contributed by atoms with E-state index in [1.165, 1.54) is 11.3 Å². The molecule has 1 aliphatic heterocycles. The van der Waals surface area contributed by atoms with Gasteiger partial charge < -0.3 is 10.2 Å². The zero-order chi connectivity index (χ0) is 18.9. The van der Waals surface area contributed by atoms with Crippen molar-refractivity contribution < 1.29 is 9.59 Å². The van der Waals surface area contributed by atoms with Gasteiger partial charge in [-0.3, -0.25) is 9.59 Å². The first-order valence-corrected chi connectivity index (χ1v) is 9.60. The molecule has 3 rings (SSSR count). The zero-order valence-electron chi connectivity index (χ0n) is 15.0. The monoisotopic (exact) mass is 392 g/mol. The van der Waals surface area contributed by atoms with E-state index in [-0.39, 0.29) is 29.7 Å². The van der Waals surface area contributed by atoms with Crippen LogP contribution in [0.2, 0.25) is 5.02 Å². The predicted octanol–water partition coefficient (Wildman–Crippen LogP) is 3.37. The first kappa shape index (κ1) is 18.8. The Hall–Kier alpha value is -1.99. The fraction of sp³-hybridized carbons (Fsp3) is 0.444. The fourth-order valence-electron chi connectivity index (χ4n) is 2.89. The highest BCUT2D eigenvalue weighted by molar-refractivity contribution is 7.15. The average Bonchev–Trinajstić information content (AvgIpc) is 3.16. The third kappa shape index (κ3) is 4.40. The molecule has 1 atom stereocenters. The normalized spacial score (nSPS) is 17.6. The second-order valence-electron chi connectivity index (χ2n) is 7.37. The predicted molar refractivity (Wildman–Crippen MR) is 102 cm³/mol. The number of anilines is 1. The van der Waals surface area contributed by atoms with E-state index < -0.39 is 0 Å². The van der Waals surface area contributed by atoms with Crippen molar-refractivity contribution in [2.45, 2.75) is 39.2 Å². The van der Waals surface area contributed by atoms with Gasteiger partial charge >= 0.3 is 0 Å². The number of hydrogen-bond acceptors (Lipinski definition) is 5. The van der Waals surface area contributed by atoms with Crippen LogP contribution in [-0.4, -0.2) is 39.0 Å². The van der Waals surface area contributed by atoms with Gasteiger partial charge in [-0.15, -0.1) is 10.2 Å². The number of halogens is 1. The highest BCUT2D eigenvalue weighted by Gasteiger charge is 2.39. The van der Waals surface area contributed by atoms with Gasteiger partial charge in [-0.25, -0.2) is 0 Å². The molecule has 0 bridgehead atoms. The minimum absolute atomic E-state index is 0.0124. The van der Waals surface area contributed by atoms with Crippen LogP contribution in [0, 0.1) is 5.92 Å². The summed E-state index contributed by atoms with van der Waals surface area (Å²) in [4.78, 5) is 26.4. The summed E-state index contributed by atoms with van der Waals surface area (Å²) in [5, 5.41) is 12.9. The summed E-state index contributed by atoms with van der Waals surface area (Å²) in [5.74, 6) is -0.525. The molecule has 1 aliphatic rings. The number of carbonyl (C=O) groups excluding carboxylic acids is 2. The molecule has 8 heteroatoms. The molecule has 138 valence electrons. The van der Waals surface area contributed by atoms with E-state index in [0.717, 1.165) is 10.6 Å². The van der Waals surface area contributed by atoms with Gasteiger partial charge in [-0.1, -0.05) is 35.1 Å². The summed E-state index contributed by atoms with van der Waals surface area (Å²) in [6.07, 6.45) is 0.865. The van der Waals surface area contributed by atoms with Crippen LogP contribution in [0.3, 0.4) is 0 Å². The van der Waals surface area contributed by atoms with Crippen LogP contribution >= 0.6 is 22.9 Å². The first-order valence-electron chi connectivity index (χ1n) is 8.40. The Morgan fingerprint density at radius 2 is 2.00 bits per heavy atom. The van der Waals surface area contributed by atoms with E-state index in [0.29, 0.717) is 23.1 Å². The van der Waals surface area contributed by atoms with Crippen LogP contribution in [-0.2, 0) is 16.0 Å². The summed E-state index contributed by atoms with van der Waals surface area (Å²) >= 11 is 7.23. The highest BCUT2D eigenvalue weighted by atomic mass is 35.5. The molecule has 1 N–H and O–H groups in total. The lowest BCUT2D eigenvalue weighted by Gasteiger charge is -2.31. The van der Waals surface area contributed by atoms with Crippen LogP contribution < -0.4 is 5.32 Å². The van der Waals surface area contributed by atoms with Crippen molar-refractivity contribution in [2.75, 3.05) is 11.9 Å². The molecule has 2 aromatic rings. The van der Waals surface area contributed by atoms with Gasteiger partial charge in [0.1, 0.15) is 5.01 Å². The summed E-state index contributed by atoms with van der Waals surface area (Å²) in [6, 6.07) is 7.54. The standard InChI is InChI=1S/C18H21ClN4O2S/c1-18(2,3)23-10-12(9-15(23)24)16(25)20-17-22-21-14(26-17)8-11-4-6-13(19)7-5-11/h4-7,12H,8-10H2,1-3H3,(H,20,22,25)/t12-/m1/s1. The van der Waals surface area contributed by atoms with E-state index in [2.05, 4.69) is 15.5 Å². The van der Waals surface area contributed by atoms with Gasteiger partial charge in [0.25, 0.3) is 0 Å². The van der Waals surface area contributed by atoms with E-state index in [1.54, 1.807) is 4.90 Å².